The summed E-state index contributed by atoms with van der Waals surface area (Å²) in [6, 6.07) is 0. The second-order valence-electron chi connectivity index (χ2n) is 6.62. The minimum Gasteiger partial charge on any atom is -0.366 e. The maximum atomic E-state index is 6.64. The molecule has 2 rings (SSSR count). The summed E-state index contributed by atoms with van der Waals surface area (Å²) in [5, 5.41) is 3.64. The van der Waals surface area contributed by atoms with E-state index in [1.807, 2.05) is 0 Å². The first-order valence-corrected chi connectivity index (χ1v) is 7.47. The van der Waals surface area contributed by atoms with E-state index in [1.165, 1.54) is 44.9 Å². The minimum absolute atomic E-state index is 0.0252. The van der Waals surface area contributed by atoms with E-state index in [9.17, 15) is 0 Å². The molecule has 0 radical (unpaired) electrons. The molecule has 1 aliphatic heterocycles. The van der Waals surface area contributed by atoms with Gasteiger partial charge in [-0.3, -0.25) is 0 Å². The molecule has 100 valence electrons. The van der Waals surface area contributed by atoms with Gasteiger partial charge >= 0.3 is 0 Å². The lowest BCUT2D eigenvalue weighted by Gasteiger charge is -2.50. The summed E-state index contributed by atoms with van der Waals surface area (Å²) < 4.78 is 6.64. The van der Waals surface area contributed by atoms with E-state index < -0.39 is 0 Å². The van der Waals surface area contributed by atoms with Crippen LogP contribution in [0.2, 0.25) is 0 Å². The van der Waals surface area contributed by atoms with Gasteiger partial charge in [0.05, 0.1) is 11.2 Å². The lowest BCUT2D eigenvalue weighted by molar-refractivity contribution is -0.196. The lowest BCUT2D eigenvalue weighted by Crippen LogP contribution is -2.61. The normalized spacial score (nSPS) is 34.6. The second-order valence-corrected chi connectivity index (χ2v) is 6.62. The van der Waals surface area contributed by atoms with E-state index in [0.717, 1.165) is 13.1 Å². The molecule has 1 N–H and O–H groups in total. The van der Waals surface area contributed by atoms with Crippen LogP contribution in [0.3, 0.4) is 0 Å². The summed E-state index contributed by atoms with van der Waals surface area (Å²) in [5.74, 6) is 0.581. The van der Waals surface area contributed by atoms with Gasteiger partial charge in [0.25, 0.3) is 0 Å². The predicted octanol–water partition coefficient (Wildman–Crippen LogP) is 3.50. The average Bonchev–Trinajstić information content (AvgIpc) is 2.24. The van der Waals surface area contributed by atoms with Crippen LogP contribution in [0.1, 0.15) is 65.7 Å². The summed E-state index contributed by atoms with van der Waals surface area (Å²) in [4.78, 5) is 0. The molecule has 2 nitrogen and oxygen atoms in total. The Kier molecular flexibility index (Phi) is 4.14. The number of hydrogen-bond acceptors (Lipinski definition) is 2. The first-order valence-electron chi connectivity index (χ1n) is 7.47. The van der Waals surface area contributed by atoms with Gasteiger partial charge in [0.1, 0.15) is 0 Å². The van der Waals surface area contributed by atoms with Crippen molar-refractivity contribution in [2.24, 2.45) is 5.92 Å². The number of nitrogens with one attached hydrogen (secondary N) is 1. The summed E-state index contributed by atoms with van der Waals surface area (Å²) in [6.45, 7) is 8.92. The number of ether oxygens (including phenoxy) is 1. The zero-order chi connectivity index (χ0) is 12.4. The van der Waals surface area contributed by atoms with Crippen LogP contribution < -0.4 is 5.32 Å². The highest BCUT2D eigenvalue weighted by atomic mass is 16.5. The van der Waals surface area contributed by atoms with E-state index in [2.05, 4.69) is 26.1 Å². The monoisotopic (exact) mass is 239 g/mol. The van der Waals surface area contributed by atoms with Gasteiger partial charge in [0.2, 0.25) is 0 Å². The predicted molar refractivity (Wildman–Crippen MR) is 72.2 cm³/mol. The molecular formula is C15H29NO. The molecule has 1 atom stereocenters. The molecule has 1 unspecified atom stereocenters. The van der Waals surface area contributed by atoms with E-state index in [0.29, 0.717) is 5.92 Å². The zero-order valence-corrected chi connectivity index (χ0v) is 11.8. The van der Waals surface area contributed by atoms with Gasteiger partial charge in [0, 0.05) is 13.1 Å². The standard InChI is InChI=1S/C15H29NO/c1-13(2)14(3)11-16-12-15(17-14)9-7-5-4-6-8-10-15/h13,16H,4-12H2,1-3H3. The minimum atomic E-state index is 0.0252. The van der Waals surface area contributed by atoms with E-state index in [1.54, 1.807) is 0 Å². The van der Waals surface area contributed by atoms with Crippen molar-refractivity contribution < 1.29 is 4.74 Å². The summed E-state index contributed by atoms with van der Waals surface area (Å²) in [7, 11) is 0. The fourth-order valence-corrected chi connectivity index (χ4v) is 3.26. The third kappa shape index (κ3) is 3.03. The average molecular weight is 239 g/mol. The Bertz CT molecular complexity index is 243. The van der Waals surface area contributed by atoms with Crippen LogP contribution in [-0.2, 0) is 4.74 Å². The largest absolute Gasteiger partial charge is 0.366 e. The molecule has 0 aromatic heterocycles. The van der Waals surface area contributed by atoms with Crippen molar-refractivity contribution >= 4 is 0 Å². The molecule has 17 heavy (non-hydrogen) atoms. The van der Waals surface area contributed by atoms with Gasteiger partial charge in [-0.15, -0.1) is 0 Å². The molecule has 0 aromatic rings. The van der Waals surface area contributed by atoms with Crippen LogP contribution in [0, 0.1) is 5.92 Å². The van der Waals surface area contributed by atoms with Crippen molar-refractivity contribution in [2.45, 2.75) is 76.9 Å². The third-order valence-electron chi connectivity index (χ3n) is 4.86. The van der Waals surface area contributed by atoms with Crippen molar-refractivity contribution in [3.8, 4) is 0 Å². The SMILES string of the molecule is CC(C)C1(C)CNCC2(CCCCCCC2)O1. The van der Waals surface area contributed by atoms with Crippen molar-refractivity contribution in [1.82, 2.24) is 5.32 Å². The van der Waals surface area contributed by atoms with Crippen LogP contribution in [0.25, 0.3) is 0 Å². The van der Waals surface area contributed by atoms with Crippen molar-refractivity contribution in [3.05, 3.63) is 0 Å². The molecule has 0 amide bonds. The van der Waals surface area contributed by atoms with Gasteiger partial charge in [-0.2, -0.15) is 0 Å². The fraction of sp³-hybridized carbons (Fsp3) is 1.00. The molecular weight excluding hydrogens is 210 g/mol. The van der Waals surface area contributed by atoms with Gasteiger partial charge in [0.15, 0.2) is 0 Å². The topological polar surface area (TPSA) is 21.3 Å². The van der Waals surface area contributed by atoms with Crippen molar-refractivity contribution in [2.75, 3.05) is 13.1 Å². The number of rotatable bonds is 1. The summed E-state index contributed by atoms with van der Waals surface area (Å²) in [5.41, 5.74) is 0.162. The molecule has 0 bridgehead atoms. The van der Waals surface area contributed by atoms with Gasteiger partial charge < -0.3 is 10.1 Å². The molecule has 2 heteroatoms. The van der Waals surface area contributed by atoms with Crippen LogP contribution in [-0.4, -0.2) is 24.3 Å². The first kappa shape index (κ1) is 13.4. The molecule has 2 fully saturated rings. The van der Waals surface area contributed by atoms with Crippen molar-refractivity contribution in [1.29, 1.82) is 0 Å². The Morgan fingerprint density at radius 2 is 1.53 bits per heavy atom. The Balaban J connectivity index is 2.07. The molecule has 1 heterocycles. The summed E-state index contributed by atoms with van der Waals surface area (Å²) in [6.07, 6.45) is 9.40. The first-order chi connectivity index (χ1) is 8.06. The Morgan fingerprint density at radius 1 is 0.941 bits per heavy atom. The van der Waals surface area contributed by atoms with Crippen LogP contribution >= 0.6 is 0 Å². The molecule has 1 saturated carbocycles. The second kappa shape index (κ2) is 5.27. The number of morpholine rings is 1. The smallest absolute Gasteiger partial charge is 0.0814 e. The number of hydrogen-bond donors (Lipinski definition) is 1. The van der Waals surface area contributed by atoms with Gasteiger partial charge in [-0.25, -0.2) is 0 Å². The Hall–Kier alpha value is -0.0800. The third-order valence-corrected chi connectivity index (χ3v) is 4.86. The summed E-state index contributed by atoms with van der Waals surface area (Å²) >= 11 is 0. The molecule has 1 saturated heterocycles. The Morgan fingerprint density at radius 3 is 2.12 bits per heavy atom. The zero-order valence-electron chi connectivity index (χ0n) is 11.8. The van der Waals surface area contributed by atoms with E-state index >= 15 is 0 Å². The highest BCUT2D eigenvalue weighted by Crippen LogP contribution is 2.38. The Labute approximate surface area is 107 Å². The van der Waals surface area contributed by atoms with Crippen LogP contribution in [0.4, 0.5) is 0 Å². The molecule has 2 aliphatic rings. The van der Waals surface area contributed by atoms with E-state index in [4.69, 9.17) is 4.74 Å². The quantitative estimate of drug-likeness (QED) is 0.756. The van der Waals surface area contributed by atoms with E-state index in [-0.39, 0.29) is 11.2 Å². The molecule has 1 aliphatic carbocycles. The fourth-order valence-electron chi connectivity index (χ4n) is 3.26. The lowest BCUT2D eigenvalue weighted by atomic mass is 9.82. The molecule has 1 spiro atoms. The molecule has 0 aromatic carbocycles. The van der Waals surface area contributed by atoms with Crippen molar-refractivity contribution in [3.63, 3.8) is 0 Å². The maximum Gasteiger partial charge on any atom is 0.0814 e. The highest BCUT2D eigenvalue weighted by molar-refractivity contribution is 4.96. The van der Waals surface area contributed by atoms with Gasteiger partial charge in [-0.1, -0.05) is 46.0 Å². The highest BCUT2D eigenvalue weighted by Gasteiger charge is 2.44. The van der Waals surface area contributed by atoms with Crippen LogP contribution in [0.5, 0.6) is 0 Å². The maximum absolute atomic E-state index is 6.64. The van der Waals surface area contributed by atoms with Gasteiger partial charge in [-0.05, 0) is 25.7 Å². The van der Waals surface area contributed by atoms with Crippen LogP contribution in [0.15, 0.2) is 0 Å².